The maximum Gasteiger partial charge on any atom is 0.140 e. The third-order valence-electron chi connectivity index (χ3n) is 4.52. The Morgan fingerprint density at radius 3 is 2.45 bits per heavy atom. The van der Waals surface area contributed by atoms with Crippen molar-refractivity contribution in [2.75, 3.05) is 0 Å². The molecule has 5 aliphatic carbocycles. The van der Waals surface area contributed by atoms with E-state index in [-0.39, 0.29) is 0 Å². The second-order valence-electron chi connectivity index (χ2n) is 4.60. The topological polar surface area (TPSA) is 17.1 Å². The van der Waals surface area contributed by atoms with Crippen LogP contribution in [0.2, 0.25) is 0 Å². The van der Waals surface area contributed by atoms with Crippen molar-refractivity contribution in [3.05, 3.63) is 0 Å². The van der Waals surface area contributed by atoms with Crippen LogP contribution >= 0.6 is 11.6 Å². The second-order valence-corrected chi connectivity index (χ2v) is 5.16. The summed E-state index contributed by atoms with van der Waals surface area (Å²) < 4.78 is 0. The number of carbonyl (C=O) groups is 1. The van der Waals surface area contributed by atoms with Gasteiger partial charge in [-0.15, -0.1) is 11.6 Å². The van der Waals surface area contributed by atoms with E-state index in [1.54, 1.807) is 0 Å². The molecule has 1 nitrogen and oxygen atoms in total. The van der Waals surface area contributed by atoms with E-state index in [1.165, 1.54) is 0 Å². The molecule has 0 aliphatic heterocycles. The molecule has 5 rings (SSSR count). The Kier molecular flexibility index (Phi) is 0.651. The number of carbonyl (C=O) groups excluding carboxylic acids is 1. The van der Waals surface area contributed by atoms with Gasteiger partial charge in [0.1, 0.15) is 5.78 Å². The molecule has 5 fully saturated rings. The summed E-state index contributed by atoms with van der Waals surface area (Å²) in [5.41, 5.74) is 0. The van der Waals surface area contributed by atoms with E-state index in [4.69, 9.17) is 11.6 Å². The van der Waals surface area contributed by atoms with E-state index in [0.29, 0.717) is 28.9 Å². The molecule has 6 bridgehead atoms. The van der Waals surface area contributed by atoms with Crippen molar-refractivity contribution in [2.45, 2.75) is 11.8 Å². The summed E-state index contributed by atoms with van der Waals surface area (Å²) in [5.74, 6) is 4.42. The second kappa shape index (κ2) is 1.28. The van der Waals surface area contributed by atoms with Crippen molar-refractivity contribution in [1.82, 2.24) is 0 Å². The van der Waals surface area contributed by atoms with E-state index >= 15 is 0 Å². The molecule has 0 aromatic carbocycles. The van der Waals surface area contributed by atoms with Gasteiger partial charge in [0.15, 0.2) is 0 Å². The van der Waals surface area contributed by atoms with Gasteiger partial charge in [0, 0.05) is 17.2 Å². The first-order valence-electron chi connectivity index (χ1n) is 4.48. The van der Waals surface area contributed by atoms with Crippen LogP contribution in [0.1, 0.15) is 6.42 Å². The largest absolute Gasteiger partial charge is 0.299 e. The smallest absolute Gasteiger partial charge is 0.140 e. The maximum atomic E-state index is 11.5. The summed E-state index contributed by atoms with van der Waals surface area (Å²) in [6, 6.07) is 0. The minimum absolute atomic E-state index is 0.350. The molecule has 0 N–H and O–H groups in total. The average molecular weight is 169 g/mol. The molecular weight excluding hydrogens is 160 g/mol. The van der Waals surface area contributed by atoms with Gasteiger partial charge in [-0.25, -0.2) is 0 Å². The summed E-state index contributed by atoms with van der Waals surface area (Å²) in [5, 5.41) is 0.350. The standard InChI is InChI=1S/C9H9ClO/c10-3-1-2-4-7-6(3)5(2)9(11)8(4)7/h2-8H,1H2/t2-,3+,4-,5+,6-,7-,8?/m1/s1. The van der Waals surface area contributed by atoms with Gasteiger partial charge in [-0.05, 0) is 30.1 Å². The first kappa shape index (κ1) is 5.58. The van der Waals surface area contributed by atoms with Gasteiger partial charge in [-0.1, -0.05) is 0 Å². The summed E-state index contributed by atoms with van der Waals surface area (Å²) in [6.07, 6.45) is 1.14. The predicted molar refractivity (Wildman–Crippen MR) is 40.2 cm³/mol. The van der Waals surface area contributed by atoms with E-state index in [1.807, 2.05) is 0 Å². The van der Waals surface area contributed by atoms with Crippen molar-refractivity contribution < 1.29 is 4.79 Å². The summed E-state index contributed by atoms with van der Waals surface area (Å²) in [4.78, 5) is 11.5. The molecule has 0 heterocycles. The lowest BCUT2D eigenvalue weighted by molar-refractivity contribution is -0.121. The van der Waals surface area contributed by atoms with Gasteiger partial charge in [-0.3, -0.25) is 4.79 Å². The Morgan fingerprint density at radius 2 is 2.00 bits per heavy atom. The molecule has 0 saturated heterocycles. The molecule has 58 valence electrons. The number of alkyl halides is 1. The Labute approximate surface area is 70.1 Å². The molecule has 0 aromatic heterocycles. The minimum Gasteiger partial charge on any atom is -0.299 e. The quantitative estimate of drug-likeness (QED) is 0.499. The van der Waals surface area contributed by atoms with Crippen LogP contribution in [-0.2, 0) is 4.79 Å². The normalized spacial score (nSPS) is 74.6. The zero-order chi connectivity index (χ0) is 7.33. The zero-order valence-electron chi connectivity index (χ0n) is 6.03. The van der Waals surface area contributed by atoms with Crippen LogP contribution < -0.4 is 0 Å². The molecule has 5 saturated carbocycles. The highest BCUT2D eigenvalue weighted by molar-refractivity contribution is 6.22. The fraction of sp³-hybridized carbons (Fsp3) is 0.889. The highest BCUT2D eigenvalue weighted by atomic mass is 35.5. The molecule has 5 aliphatic rings. The van der Waals surface area contributed by atoms with Crippen molar-refractivity contribution in [3.63, 3.8) is 0 Å². The number of Topliss-reactive ketones (excluding diaryl/α,β-unsaturated/α-hetero) is 1. The van der Waals surface area contributed by atoms with Gasteiger partial charge in [0.05, 0.1) is 0 Å². The first-order valence-corrected chi connectivity index (χ1v) is 4.92. The van der Waals surface area contributed by atoms with Gasteiger partial charge < -0.3 is 0 Å². The monoisotopic (exact) mass is 168 g/mol. The maximum absolute atomic E-state index is 11.5. The van der Waals surface area contributed by atoms with Gasteiger partial charge in [0.2, 0.25) is 0 Å². The van der Waals surface area contributed by atoms with E-state index in [9.17, 15) is 4.79 Å². The van der Waals surface area contributed by atoms with Crippen LogP contribution in [0.15, 0.2) is 0 Å². The molecule has 1 unspecified atom stereocenters. The van der Waals surface area contributed by atoms with Crippen molar-refractivity contribution in [1.29, 1.82) is 0 Å². The fourth-order valence-corrected chi connectivity index (χ4v) is 4.89. The van der Waals surface area contributed by atoms with Crippen LogP contribution in [0.3, 0.4) is 0 Å². The average Bonchev–Trinajstić information content (AvgIpc) is 2.29. The highest BCUT2D eigenvalue weighted by Crippen LogP contribution is 2.79. The zero-order valence-corrected chi connectivity index (χ0v) is 6.79. The molecule has 0 radical (unpaired) electrons. The van der Waals surface area contributed by atoms with E-state index in [2.05, 4.69) is 0 Å². The molecule has 7 atom stereocenters. The molecule has 11 heavy (non-hydrogen) atoms. The van der Waals surface area contributed by atoms with Gasteiger partial charge in [0.25, 0.3) is 0 Å². The lowest BCUT2D eigenvalue weighted by atomic mass is 10.0. The van der Waals surface area contributed by atoms with Crippen LogP contribution in [-0.4, -0.2) is 11.2 Å². The van der Waals surface area contributed by atoms with Crippen LogP contribution in [0.4, 0.5) is 0 Å². The molecule has 0 spiro atoms. The number of halogens is 1. The predicted octanol–water partition coefficient (Wildman–Crippen LogP) is 1.30. The Balaban J connectivity index is 1.95. The third kappa shape index (κ3) is 0.358. The summed E-state index contributed by atoms with van der Waals surface area (Å²) in [7, 11) is 0. The highest BCUT2D eigenvalue weighted by Gasteiger charge is 2.81. The fourth-order valence-electron chi connectivity index (χ4n) is 4.36. The van der Waals surface area contributed by atoms with Crippen molar-refractivity contribution in [3.8, 4) is 0 Å². The number of rotatable bonds is 0. The first-order chi connectivity index (χ1) is 5.30. The number of ketones is 1. The Bertz CT molecular complexity index is 275. The van der Waals surface area contributed by atoms with E-state index in [0.717, 1.165) is 24.2 Å². The van der Waals surface area contributed by atoms with Gasteiger partial charge >= 0.3 is 0 Å². The minimum atomic E-state index is 0.350. The van der Waals surface area contributed by atoms with Crippen molar-refractivity contribution in [2.24, 2.45) is 35.5 Å². The number of hydrogen-bond acceptors (Lipinski definition) is 1. The van der Waals surface area contributed by atoms with Crippen LogP contribution in [0.25, 0.3) is 0 Å². The van der Waals surface area contributed by atoms with Gasteiger partial charge in [-0.2, -0.15) is 0 Å². The molecular formula is C9H9ClO. The molecule has 2 heteroatoms. The van der Waals surface area contributed by atoms with Crippen molar-refractivity contribution >= 4 is 17.4 Å². The summed E-state index contributed by atoms with van der Waals surface area (Å²) >= 11 is 6.16. The number of hydrogen-bond donors (Lipinski definition) is 0. The van der Waals surface area contributed by atoms with Crippen LogP contribution in [0.5, 0.6) is 0 Å². The molecule has 0 aromatic rings. The summed E-state index contributed by atoms with van der Waals surface area (Å²) in [6.45, 7) is 0. The lowest BCUT2D eigenvalue weighted by Crippen LogP contribution is -2.14. The Morgan fingerprint density at radius 1 is 1.18 bits per heavy atom. The Hall–Kier alpha value is -0.0400. The molecule has 0 amide bonds. The lowest BCUT2D eigenvalue weighted by Gasteiger charge is -2.12. The SMILES string of the molecule is O=C1C2[C@@H]3[C@H]4C[C@H](Cl)[C@H]([C@@H]14)[C@H]23. The third-order valence-corrected chi connectivity index (χ3v) is 4.99. The van der Waals surface area contributed by atoms with E-state index < -0.39 is 0 Å². The van der Waals surface area contributed by atoms with Crippen LogP contribution in [0, 0.1) is 35.5 Å².